The molecule has 0 spiro atoms. The summed E-state index contributed by atoms with van der Waals surface area (Å²) in [4.78, 5) is 25.2. The van der Waals surface area contributed by atoms with E-state index in [9.17, 15) is 9.59 Å². The summed E-state index contributed by atoms with van der Waals surface area (Å²) >= 11 is 1.72. The second-order valence-corrected chi connectivity index (χ2v) is 6.05. The van der Waals surface area contributed by atoms with Crippen LogP contribution in [0.5, 0.6) is 0 Å². The number of carbonyl (C=O) groups excluding carboxylic acids is 1. The fraction of sp³-hybridized carbons (Fsp3) is 0.429. The molecule has 1 N–H and O–H groups in total. The van der Waals surface area contributed by atoms with Crippen molar-refractivity contribution in [1.82, 2.24) is 4.90 Å². The Morgan fingerprint density at radius 2 is 1.84 bits per heavy atom. The lowest BCUT2D eigenvalue weighted by molar-refractivity contribution is -0.137. The standard InChI is InChI=1S/C14H19NO3S/c1-4-15(9-13(16)17)14(18)11-5-7-12(8-6-11)19-10(2)3/h5-8,10H,4,9H2,1-3H3,(H,16,17). The monoisotopic (exact) mass is 281 g/mol. The Kier molecular flexibility index (Phi) is 5.89. The van der Waals surface area contributed by atoms with E-state index in [4.69, 9.17) is 5.11 Å². The lowest BCUT2D eigenvalue weighted by atomic mass is 10.2. The first kappa shape index (κ1) is 15.6. The number of nitrogens with zero attached hydrogens (tertiary/aromatic N) is 1. The predicted molar refractivity (Wildman–Crippen MR) is 76.6 cm³/mol. The van der Waals surface area contributed by atoms with E-state index in [0.717, 1.165) is 4.90 Å². The van der Waals surface area contributed by atoms with Crippen molar-refractivity contribution in [3.8, 4) is 0 Å². The van der Waals surface area contributed by atoms with Crippen LogP contribution in [0.4, 0.5) is 0 Å². The number of likely N-dealkylation sites (N-methyl/N-ethyl adjacent to an activating group) is 1. The zero-order valence-corrected chi connectivity index (χ0v) is 12.2. The summed E-state index contributed by atoms with van der Waals surface area (Å²) < 4.78 is 0. The van der Waals surface area contributed by atoms with Crippen LogP contribution in [0.3, 0.4) is 0 Å². The number of carboxylic acid groups (broad SMARTS) is 1. The Morgan fingerprint density at radius 3 is 2.26 bits per heavy atom. The van der Waals surface area contributed by atoms with Gasteiger partial charge in [-0.25, -0.2) is 0 Å². The van der Waals surface area contributed by atoms with Gasteiger partial charge in [0, 0.05) is 22.3 Å². The van der Waals surface area contributed by atoms with E-state index in [1.54, 1.807) is 30.8 Å². The summed E-state index contributed by atoms with van der Waals surface area (Å²) in [5.74, 6) is -1.24. The molecule has 0 atom stereocenters. The molecule has 0 saturated carbocycles. The molecular formula is C14H19NO3S. The maximum atomic E-state index is 12.1. The van der Waals surface area contributed by atoms with Gasteiger partial charge < -0.3 is 10.0 Å². The maximum absolute atomic E-state index is 12.1. The molecule has 0 aliphatic rings. The fourth-order valence-electron chi connectivity index (χ4n) is 1.62. The molecule has 0 radical (unpaired) electrons. The molecule has 0 saturated heterocycles. The van der Waals surface area contributed by atoms with Crippen molar-refractivity contribution in [1.29, 1.82) is 0 Å². The van der Waals surface area contributed by atoms with Crippen molar-refractivity contribution < 1.29 is 14.7 Å². The Labute approximate surface area is 117 Å². The molecule has 0 unspecified atom stereocenters. The van der Waals surface area contributed by atoms with Gasteiger partial charge in [-0.05, 0) is 31.2 Å². The van der Waals surface area contributed by atoms with Crippen molar-refractivity contribution in [2.75, 3.05) is 13.1 Å². The fourth-order valence-corrected chi connectivity index (χ4v) is 2.46. The quantitative estimate of drug-likeness (QED) is 0.815. The van der Waals surface area contributed by atoms with Crippen LogP contribution in [-0.2, 0) is 4.79 Å². The van der Waals surface area contributed by atoms with E-state index < -0.39 is 5.97 Å². The molecule has 0 aliphatic heterocycles. The summed E-state index contributed by atoms with van der Waals surface area (Å²) in [6.07, 6.45) is 0. The van der Waals surface area contributed by atoms with Crippen LogP contribution in [0, 0.1) is 0 Å². The Balaban J connectivity index is 2.78. The first-order valence-electron chi connectivity index (χ1n) is 6.21. The van der Waals surface area contributed by atoms with E-state index in [1.165, 1.54) is 4.90 Å². The topological polar surface area (TPSA) is 57.6 Å². The minimum Gasteiger partial charge on any atom is -0.480 e. The Bertz CT molecular complexity index is 443. The highest BCUT2D eigenvalue weighted by molar-refractivity contribution is 7.99. The zero-order valence-electron chi connectivity index (χ0n) is 11.4. The minimum absolute atomic E-state index is 0.244. The molecule has 1 rings (SSSR count). The van der Waals surface area contributed by atoms with Gasteiger partial charge in [0.25, 0.3) is 5.91 Å². The predicted octanol–water partition coefficient (Wildman–Crippen LogP) is 2.73. The number of aliphatic carboxylic acids is 1. The third-order valence-electron chi connectivity index (χ3n) is 2.47. The smallest absolute Gasteiger partial charge is 0.323 e. The second kappa shape index (κ2) is 7.19. The van der Waals surface area contributed by atoms with Crippen LogP contribution in [0.15, 0.2) is 29.2 Å². The van der Waals surface area contributed by atoms with Gasteiger partial charge in [0.2, 0.25) is 0 Å². The van der Waals surface area contributed by atoms with E-state index in [-0.39, 0.29) is 12.5 Å². The second-order valence-electron chi connectivity index (χ2n) is 4.40. The highest BCUT2D eigenvalue weighted by Gasteiger charge is 2.16. The molecule has 1 amide bonds. The minimum atomic E-state index is -0.998. The van der Waals surface area contributed by atoms with Gasteiger partial charge in [0.1, 0.15) is 6.54 Å². The summed E-state index contributed by atoms with van der Waals surface area (Å²) in [6, 6.07) is 7.29. The van der Waals surface area contributed by atoms with Crippen LogP contribution < -0.4 is 0 Å². The lowest BCUT2D eigenvalue weighted by Crippen LogP contribution is -2.35. The van der Waals surface area contributed by atoms with Gasteiger partial charge in [-0.3, -0.25) is 9.59 Å². The molecule has 5 heteroatoms. The van der Waals surface area contributed by atoms with Crippen LogP contribution in [0.2, 0.25) is 0 Å². The third-order valence-corrected chi connectivity index (χ3v) is 3.48. The van der Waals surface area contributed by atoms with Crippen molar-refractivity contribution in [3.63, 3.8) is 0 Å². The molecule has 0 aliphatic carbocycles. The summed E-state index contributed by atoms with van der Waals surface area (Å²) in [7, 11) is 0. The summed E-state index contributed by atoms with van der Waals surface area (Å²) in [5.41, 5.74) is 0.524. The van der Waals surface area contributed by atoms with Gasteiger partial charge in [-0.2, -0.15) is 0 Å². The van der Waals surface area contributed by atoms with Crippen molar-refractivity contribution in [2.24, 2.45) is 0 Å². The van der Waals surface area contributed by atoms with Crippen molar-refractivity contribution in [3.05, 3.63) is 29.8 Å². The third kappa shape index (κ3) is 4.95. The highest BCUT2D eigenvalue weighted by Crippen LogP contribution is 2.23. The van der Waals surface area contributed by atoms with Gasteiger partial charge in [-0.15, -0.1) is 11.8 Å². The number of amides is 1. The van der Waals surface area contributed by atoms with Gasteiger partial charge >= 0.3 is 5.97 Å². The molecular weight excluding hydrogens is 262 g/mol. The molecule has 19 heavy (non-hydrogen) atoms. The Morgan fingerprint density at radius 1 is 1.26 bits per heavy atom. The van der Waals surface area contributed by atoms with E-state index in [1.807, 2.05) is 12.1 Å². The van der Waals surface area contributed by atoms with Crippen LogP contribution in [0.25, 0.3) is 0 Å². The van der Waals surface area contributed by atoms with Crippen molar-refractivity contribution in [2.45, 2.75) is 30.9 Å². The molecule has 4 nitrogen and oxygen atoms in total. The molecule has 0 fully saturated rings. The molecule has 104 valence electrons. The zero-order chi connectivity index (χ0) is 14.4. The number of thioether (sulfide) groups is 1. The number of hydrogen-bond donors (Lipinski definition) is 1. The maximum Gasteiger partial charge on any atom is 0.323 e. The van der Waals surface area contributed by atoms with Gasteiger partial charge in [0.05, 0.1) is 0 Å². The average Bonchev–Trinajstić information content (AvgIpc) is 2.35. The van der Waals surface area contributed by atoms with Crippen LogP contribution >= 0.6 is 11.8 Å². The Hall–Kier alpha value is -1.49. The molecule has 0 bridgehead atoms. The number of carboxylic acids is 1. The van der Waals surface area contributed by atoms with E-state index in [0.29, 0.717) is 17.4 Å². The SMILES string of the molecule is CCN(CC(=O)O)C(=O)c1ccc(SC(C)C)cc1. The molecule has 0 heterocycles. The number of carbonyl (C=O) groups is 2. The lowest BCUT2D eigenvalue weighted by Gasteiger charge is -2.18. The largest absolute Gasteiger partial charge is 0.480 e. The van der Waals surface area contributed by atoms with Gasteiger partial charge in [0.15, 0.2) is 0 Å². The van der Waals surface area contributed by atoms with Crippen molar-refractivity contribution >= 4 is 23.6 Å². The summed E-state index contributed by atoms with van der Waals surface area (Å²) in [5, 5.41) is 9.24. The van der Waals surface area contributed by atoms with E-state index in [2.05, 4.69) is 13.8 Å². The molecule has 1 aromatic carbocycles. The normalized spacial score (nSPS) is 10.5. The van der Waals surface area contributed by atoms with Crippen LogP contribution in [-0.4, -0.2) is 40.2 Å². The van der Waals surface area contributed by atoms with E-state index >= 15 is 0 Å². The average molecular weight is 281 g/mol. The first-order chi connectivity index (χ1) is 8.93. The number of rotatable bonds is 6. The molecule has 1 aromatic rings. The number of hydrogen-bond acceptors (Lipinski definition) is 3. The summed E-state index contributed by atoms with van der Waals surface area (Å²) in [6.45, 7) is 6.10. The van der Waals surface area contributed by atoms with Gasteiger partial charge in [-0.1, -0.05) is 13.8 Å². The number of benzene rings is 1. The van der Waals surface area contributed by atoms with Crippen LogP contribution in [0.1, 0.15) is 31.1 Å². The molecule has 0 aromatic heterocycles. The highest BCUT2D eigenvalue weighted by atomic mass is 32.2. The first-order valence-corrected chi connectivity index (χ1v) is 7.09.